The van der Waals surface area contributed by atoms with Crippen LogP contribution in [0.25, 0.3) is 0 Å². The van der Waals surface area contributed by atoms with Gasteiger partial charge in [0.2, 0.25) is 0 Å². The molecule has 64 valence electrons. The summed E-state index contributed by atoms with van der Waals surface area (Å²) in [7, 11) is 0. The molecule has 2 heteroatoms. The normalized spacial score (nSPS) is 9.42. The highest BCUT2D eigenvalue weighted by atomic mass is 14.9. The number of anilines is 1. The molecule has 0 amide bonds. The van der Waals surface area contributed by atoms with E-state index in [4.69, 9.17) is 5.73 Å². The first-order chi connectivity index (χ1) is 5.68. The minimum absolute atomic E-state index is 0.628. The molecule has 0 heterocycles. The van der Waals surface area contributed by atoms with E-state index in [1.54, 1.807) is 0 Å². The van der Waals surface area contributed by atoms with E-state index in [1.807, 2.05) is 12.1 Å². The van der Waals surface area contributed by atoms with Crippen LogP contribution in [0.1, 0.15) is 5.56 Å². The van der Waals surface area contributed by atoms with Crippen molar-refractivity contribution < 1.29 is 0 Å². The molecule has 0 atom stereocenters. The fourth-order valence-corrected chi connectivity index (χ4v) is 0.887. The summed E-state index contributed by atoms with van der Waals surface area (Å²) in [6.07, 6.45) is 0. The van der Waals surface area contributed by atoms with Crippen LogP contribution in [0.3, 0.4) is 0 Å². The molecule has 1 aromatic carbocycles. The highest BCUT2D eigenvalue weighted by Crippen LogP contribution is 2.07. The molecule has 0 aliphatic rings. The maximum atomic E-state index is 5.41. The van der Waals surface area contributed by atoms with Crippen LogP contribution >= 0.6 is 0 Å². The summed E-state index contributed by atoms with van der Waals surface area (Å²) in [5, 5.41) is 3.15. The van der Waals surface area contributed by atoms with Gasteiger partial charge >= 0.3 is 0 Å². The Morgan fingerprint density at radius 1 is 1.42 bits per heavy atom. The van der Waals surface area contributed by atoms with Gasteiger partial charge in [-0.25, -0.2) is 0 Å². The van der Waals surface area contributed by atoms with Gasteiger partial charge in [0.25, 0.3) is 0 Å². The quantitative estimate of drug-likeness (QED) is 0.712. The second-order valence-electron chi connectivity index (χ2n) is 2.88. The van der Waals surface area contributed by atoms with E-state index in [0.717, 1.165) is 5.69 Å². The van der Waals surface area contributed by atoms with Gasteiger partial charge in [-0.2, -0.15) is 0 Å². The number of rotatable bonds is 3. The number of nitrogens with two attached hydrogens (primary N) is 1. The zero-order valence-electron chi connectivity index (χ0n) is 7.30. The van der Waals surface area contributed by atoms with Crippen molar-refractivity contribution in [2.45, 2.75) is 6.92 Å². The van der Waals surface area contributed by atoms with Crippen molar-refractivity contribution in [1.82, 2.24) is 0 Å². The molecule has 0 saturated heterocycles. The van der Waals surface area contributed by atoms with Gasteiger partial charge in [-0.15, -0.1) is 0 Å². The Morgan fingerprint density at radius 3 is 2.50 bits per heavy atom. The molecule has 0 bridgehead atoms. The molecule has 3 N–H and O–H groups in total. The van der Waals surface area contributed by atoms with Crippen LogP contribution in [0.5, 0.6) is 0 Å². The van der Waals surface area contributed by atoms with Gasteiger partial charge in [0, 0.05) is 11.4 Å². The number of hydrogen-bond acceptors (Lipinski definition) is 2. The Labute approximate surface area is 73.1 Å². The van der Waals surface area contributed by atoms with Gasteiger partial charge in [-0.1, -0.05) is 24.3 Å². The average Bonchev–Trinajstić information content (AvgIpc) is 2.03. The number of aryl methyl sites for hydroxylation is 1. The third-order valence-corrected chi connectivity index (χ3v) is 1.57. The van der Waals surface area contributed by atoms with E-state index in [0.29, 0.717) is 12.2 Å². The molecule has 12 heavy (non-hydrogen) atoms. The SMILES string of the molecule is C=C(N)CNc1ccc(C)cc1. The van der Waals surface area contributed by atoms with Crippen LogP contribution in [0.15, 0.2) is 36.5 Å². The van der Waals surface area contributed by atoms with Gasteiger partial charge < -0.3 is 11.1 Å². The molecule has 0 aromatic heterocycles. The van der Waals surface area contributed by atoms with Crippen LogP contribution in [-0.4, -0.2) is 6.54 Å². The fourth-order valence-electron chi connectivity index (χ4n) is 0.887. The van der Waals surface area contributed by atoms with Crippen LogP contribution in [-0.2, 0) is 0 Å². The maximum Gasteiger partial charge on any atom is 0.0539 e. The highest BCUT2D eigenvalue weighted by Gasteiger charge is 1.90. The lowest BCUT2D eigenvalue weighted by Crippen LogP contribution is -2.09. The van der Waals surface area contributed by atoms with E-state index in [1.165, 1.54) is 5.56 Å². The first-order valence-corrected chi connectivity index (χ1v) is 3.92. The van der Waals surface area contributed by atoms with Crippen LogP contribution in [0, 0.1) is 6.92 Å². The molecule has 2 nitrogen and oxygen atoms in total. The second kappa shape index (κ2) is 3.81. The third kappa shape index (κ3) is 2.66. The summed E-state index contributed by atoms with van der Waals surface area (Å²) in [4.78, 5) is 0. The molecule has 1 aromatic rings. The maximum absolute atomic E-state index is 5.41. The predicted octanol–water partition coefficient (Wildman–Crippen LogP) is 1.88. The van der Waals surface area contributed by atoms with Crippen LogP contribution in [0.2, 0.25) is 0 Å². The molecule has 1 rings (SSSR count). The third-order valence-electron chi connectivity index (χ3n) is 1.57. The van der Waals surface area contributed by atoms with Gasteiger partial charge in [-0.05, 0) is 19.1 Å². The molecule has 0 aliphatic heterocycles. The van der Waals surface area contributed by atoms with Crippen molar-refractivity contribution in [2.75, 3.05) is 11.9 Å². The molecular formula is C10H14N2. The first kappa shape index (κ1) is 8.65. The topological polar surface area (TPSA) is 38.0 Å². The fraction of sp³-hybridized carbons (Fsp3) is 0.200. The van der Waals surface area contributed by atoms with Gasteiger partial charge in [-0.3, -0.25) is 0 Å². The largest absolute Gasteiger partial charge is 0.401 e. The Bertz CT molecular complexity index is 262. The molecular weight excluding hydrogens is 148 g/mol. The minimum atomic E-state index is 0.628. The van der Waals surface area contributed by atoms with Crippen molar-refractivity contribution >= 4 is 5.69 Å². The summed E-state index contributed by atoms with van der Waals surface area (Å²) >= 11 is 0. The van der Waals surface area contributed by atoms with Crippen molar-refractivity contribution in [3.8, 4) is 0 Å². The Kier molecular flexibility index (Phi) is 2.75. The standard InChI is InChI=1S/C10H14N2/c1-8-3-5-10(6-4-8)12-7-9(2)11/h3-6,12H,2,7,11H2,1H3. The molecule has 0 unspecified atom stereocenters. The summed E-state index contributed by atoms with van der Waals surface area (Å²) in [5.41, 5.74) is 8.39. The second-order valence-corrected chi connectivity index (χ2v) is 2.88. The highest BCUT2D eigenvalue weighted by molar-refractivity contribution is 5.45. The lowest BCUT2D eigenvalue weighted by atomic mass is 10.2. The molecule has 0 fully saturated rings. The summed E-state index contributed by atoms with van der Waals surface area (Å²) in [6, 6.07) is 8.17. The van der Waals surface area contributed by atoms with Crippen LogP contribution < -0.4 is 11.1 Å². The average molecular weight is 162 g/mol. The minimum Gasteiger partial charge on any atom is -0.401 e. The van der Waals surface area contributed by atoms with Crippen molar-refractivity contribution in [1.29, 1.82) is 0 Å². The van der Waals surface area contributed by atoms with E-state index >= 15 is 0 Å². The van der Waals surface area contributed by atoms with E-state index in [-0.39, 0.29) is 0 Å². The Balaban J connectivity index is 2.53. The number of hydrogen-bond donors (Lipinski definition) is 2. The zero-order chi connectivity index (χ0) is 8.97. The number of benzene rings is 1. The van der Waals surface area contributed by atoms with Crippen molar-refractivity contribution in [2.24, 2.45) is 5.73 Å². The van der Waals surface area contributed by atoms with E-state index < -0.39 is 0 Å². The van der Waals surface area contributed by atoms with Gasteiger partial charge in [0.05, 0.1) is 6.54 Å². The summed E-state index contributed by atoms with van der Waals surface area (Å²) in [5.74, 6) is 0. The van der Waals surface area contributed by atoms with E-state index in [9.17, 15) is 0 Å². The first-order valence-electron chi connectivity index (χ1n) is 3.92. The smallest absolute Gasteiger partial charge is 0.0539 e. The zero-order valence-corrected chi connectivity index (χ0v) is 7.30. The molecule has 0 spiro atoms. The van der Waals surface area contributed by atoms with Gasteiger partial charge in [0.1, 0.15) is 0 Å². The Morgan fingerprint density at radius 2 is 2.00 bits per heavy atom. The van der Waals surface area contributed by atoms with Crippen molar-refractivity contribution in [3.63, 3.8) is 0 Å². The molecule has 0 saturated carbocycles. The van der Waals surface area contributed by atoms with Gasteiger partial charge in [0.15, 0.2) is 0 Å². The lowest BCUT2D eigenvalue weighted by molar-refractivity contribution is 1.18. The summed E-state index contributed by atoms with van der Waals surface area (Å²) in [6.45, 7) is 6.29. The predicted molar refractivity (Wildman–Crippen MR) is 53.0 cm³/mol. The van der Waals surface area contributed by atoms with Crippen LogP contribution in [0.4, 0.5) is 5.69 Å². The summed E-state index contributed by atoms with van der Waals surface area (Å²) < 4.78 is 0. The Hall–Kier alpha value is -1.44. The molecule has 0 aliphatic carbocycles. The molecule has 0 radical (unpaired) electrons. The van der Waals surface area contributed by atoms with E-state index in [2.05, 4.69) is 31.0 Å². The number of nitrogens with one attached hydrogen (secondary N) is 1. The van der Waals surface area contributed by atoms with Crippen molar-refractivity contribution in [3.05, 3.63) is 42.1 Å². The monoisotopic (exact) mass is 162 g/mol. The lowest BCUT2D eigenvalue weighted by Gasteiger charge is -2.05.